The van der Waals surface area contributed by atoms with Gasteiger partial charge in [-0.3, -0.25) is 4.98 Å². The summed E-state index contributed by atoms with van der Waals surface area (Å²) in [5.41, 5.74) is 2.80. The van der Waals surface area contributed by atoms with Gasteiger partial charge in [0.1, 0.15) is 5.75 Å². The van der Waals surface area contributed by atoms with Gasteiger partial charge in [-0.2, -0.15) is 0 Å². The van der Waals surface area contributed by atoms with Gasteiger partial charge >= 0.3 is 0 Å². The van der Waals surface area contributed by atoms with Gasteiger partial charge in [-0.25, -0.2) is 0 Å². The Balaban J connectivity index is 2.13. The number of aliphatic hydroxyl groups is 1. The van der Waals surface area contributed by atoms with Crippen LogP contribution in [0.25, 0.3) is 0 Å². The fraction of sp³-hybridized carbons (Fsp3) is 0.312. The third-order valence-electron chi connectivity index (χ3n) is 3.24. The first-order valence-corrected chi connectivity index (χ1v) is 6.59. The van der Waals surface area contributed by atoms with Crippen LogP contribution < -0.4 is 9.64 Å². The quantitative estimate of drug-likeness (QED) is 0.909. The lowest BCUT2D eigenvalue weighted by molar-refractivity contribution is 0.194. The predicted molar refractivity (Wildman–Crippen MR) is 80.0 cm³/mol. The number of nitrogens with zero attached hydrogens (tertiary/aromatic N) is 2. The van der Waals surface area contributed by atoms with E-state index in [1.54, 1.807) is 20.2 Å². The molecule has 0 fully saturated rings. The van der Waals surface area contributed by atoms with E-state index in [0.717, 1.165) is 23.5 Å². The largest absolute Gasteiger partial charge is 0.496 e. The van der Waals surface area contributed by atoms with E-state index in [0.29, 0.717) is 5.69 Å². The average molecular weight is 272 g/mol. The molecular weight excluding hydrogens is 252 g/mol. The summed E-state index contributed by atoms with van der Waals surface area (Å²) in [6.45, 7) is 2.44. The normalized spacial score (nSPS) is 12.0. The van der Waals surface area contributed by atoms with Gasteiger partial charge in [0.15, 0.2) is 0 Å². The van der Waals surface area contributed by atoms with Crippen molar-refractivity contribution in [3.63, 3.8) is 0 Å². The zero-order chi connectivity index (χ0) is 14.5. The van der Waals surface area contributed by atoms with Gasteiger partial charge in [-0.15, -0.1) is 0 Å². The highest BCUT2D eigenvalue weighted by atomic mass is 16.5. The van der Waals surface area contributed by atoms with Crippen LogP contribution in [0.5, 0.6) is 5.75 Å². The smallest absolute Gasteiger partial charge is 0.123 e. The van der Waals surface area contributed by atoms with Crippen molar-refractivity contribution in [2.24, 2.45) is 0 Å². The Morgan fingerprint density at radius 3 is 2.60 bits per heavy atom. The SMILES string of the molecule is COc1ccccc1CN(C)c1ccc([C@@H](C)O)nc1. The Morgan fingerprint density at radius 2 is 2.00 bits per heavy atom. The molecule has 0 aliphatic rings. The number of hydrogen-bond donors (Lipinski definition) is 1. The lowest BCUT2D eigenvalue weighted by Crippen LogP contribution is -2.17. The molecule has 0 aliphatic heterocycles. The molecule has 106 valence electrons. The molecule has 1 aromatic heterocycles. The van der Waals surface area contributed by atoms with E-state index in [-0.39, 0.29) is 0 Å². The highest BCUT2D eigenvalue weighted by Crippen LogP contribution is 2.22. The number of anilines is 1. The van der Waals surface area contributed by atoms with Gasteiger partial charge in [0, 0.05) is 19.2 Å². The van der Waals surface area contributed by atoms with E-state index in [2.05, 4.69) is 9.88 Å². The zero-order valence-electron chi connectivity index (χ0n) is 12.1. The number of ether oxygens (including phenoxy) is 1. The van der Waals surface area contributed by atoms with Gasteiger partial charge in [0.05, 0.1) is 30.8 Å². The number of benzene rings is 1. The fourth-order valence-corrected chi connectivity index (χ4v) is 2.05. The monoisotopic (exact) mass is 272 g/mol. The number of aromatic nitrogens is 1. The second-order valence-corrected chi connectivity index (χ2v) is 4.79. The van der Waals surface area contributed by atoms with Crippen LogP contribution in [0, 0.1) is 0 Å². The second-order valence-electron chi connectivity index (χ2n) is 4.79. The highest BCUT2D eigenvalue weighted by Gasteiger charge is 2.08. The molecule has 20 heavy (non-hydrogen) atoms. The van der Waals surface area contributed by atoms with Crippen LogP contribution in [-0.2, 0) is 6.54 Å². The van der Waals surface area contributed by atoms with Crippen molar-refractivity contribution in [1.29, 1.82) is 0 Å². The van der Waals surface area contributed by atoms with Crippen molar-refractivity contribution >= 4 is 5.69 Å². The Kier molecular flexibility index (Phi) is 4.58. The highest BCUT2D eigenvalue weighted by molar-refractivity contribution is 5.46. The second kappa shape index (κ2) is 6.39. The van der Waals surface area contributed by atoms with Crippen LogP contribution in [0.4, 0.5) is 5.69 Å². The summed E-state index contributed by atoms with van der Waals surface area (Å²) in [4.78, 5) is 6.35. The van der Waals surface area contributed by atoms with Crippen molar-refractivity contribution in [2.75, 3.05) is 19.1 Å². The van der Waals surface area contributed by atoms with E-state index in [9.17, 15) is 5.11 Å². The van der Waals surface area contributed by atoms with Crippen LogP contribution in [0.3, 0.4) is 0 Å². The van der Waals surface area contributed by atoms with Crippen molar-refractivity contribution in [1.82, 2.24) is 4.98 Å². The lowest BCUT2D eigenvalue weighted by Gasteiger charge is -2.20. The summed E-state index contributed by atoms with van der Waals surface area (Å²) < 4.78 is 5.36. The van der Waals surface area contributed by atoms with Gasteiger partial charge in [-0.05, 0) is 25.1 Å². The molecule has 1 atom stereocenters. The first-order valence-electron chi connectivity index (χ1n) is 6.59. The van der Waals surface area contributed by atoms with Crippen molar-refractivity contribution in [2.45, 2.75) is 19.6 Å². The molecule has 4 nitrogen and oxygen atoms in total. The summed E-state index contributed by atoms with van der Waals surface area (Å²) >= 11 is 0. The topological polar surface area (TPSA) is 45.6 Å². The molecule has 0 spiro atoms. The molecule has 4 heteroatoms. The summed E-state index contributed by atoms with van der Waals surface area (Å²) in [5, 5.41) is 9.46. The van der Waals surface area contributed by atoms with Crippen LogP contribution in [0.15, 0.2) is 42.6 Å². The molecule has 0 bridgehead atoms. The van der Waals surface area contributed by atoms with Crippen molar-refractivity contribution in [3.8, 4) is 5.75 Å². The molecule has 0 saturated heterocycles. The summed E-state index contributed by atoms with van der Waals surface area (Å²) in [7, 11) is 3.68. The molecule has 0 aliphatic carbocycles. The maximum absolute atomic E-state index is 9.46. The third kappa shape index (κ3) is 3.27. The van der Waals surface area contributed by atoms with Gasteiger partial charge in [-0.1, -0.05) is 18.2 Å². The van der Waals surface area contributed by atoms with E-state index in [1.165, 1.54) is 0 Å². The molecule has 0 radical (unpaired) electrons. The molecule has 1 aromatic carbocycles. The van der Waals surface area contributed by atoms with Crippen LogP contribution in [-0.4, -0.2) is 24.2 Å². The number of rotatable bonds is 5. The van der Waals surface area contributed by atoms with Crippen LogP contribution in [0.2, 0.25) is 0 Å². The molecule has 1 N–H and O–H groups in total. The number of pyridine rings is 1. The van der Waals surface area contributed by atoms with Crippen LogP contribution >= 0.6 is 0 Å². The standard InChI is InChI=1S/C16H20N2O2/c1-12(19)15-9-8-14(10-17-15)18(2)11-13-6-4-5-7-16(13)20-3/h4-10,12,19H,11H2,1-3H3/t12-/m1/s1. The third-order valence-corrected chi connectivity index (χ3v) is 3.24. The van der Waals surface area contributed by atoms with Crippen molar-refractivity contribution < 1.29 is 9.84 Å². The Morgan fingerprint density at radius 1 is 1.25 bits per heavy atom. The fourth-order valence-electron chi connectivity index (χ4n) is 2.05. The molecule has 2 rings (SSSR count). The molecule has 2 aromatic rings. The number of hydrogen-bond acceptors (Lipinski definition) is 4. The number of para-hydroxylation sites is 1. The molecule has 0 unspecified atom stereocenters. The zero-order valence-corrected chi connectivity index (χ0v) is 12.1. The number of aliphatic hydroxyl groups excluding tert-OH is 1. The maximum Gasteiger partial charge on any atom is 0.123 e. The van der Waals surface area contributed by atoms with Crippen LogP contribution in [0.1, 0.15) is 24.3 Å². The first kappa shape index (κ1) is 14.3. The van der Waals surface area contributed by atoms with Gasteiger partial charge in [0.2, 0.25) is 0 Å². The van der Waals surface area contributed by atoms with E-state index in [4.69, 9.17) is 4.74 Å². The van der Waals surface area contributed by atoms with Crippen molar-refractivity contribution in [3.05, 3.63) is 53.9 Å². The number of methoxy groups -OCH3 is 1. The van der Waals surface area contributed by atoms with Gasteiger partial charge < -0.3 is 14.7 Å². The maximum atomic E-state index is 9.46. The lowest BCUT2D eigenvalue weighted by atomic mass is 10.2. The minimum absolute atomic E-state index is 0.538. The first-order chi connectivity index (χ1) is 9.61. The predicted octanol–water partition coefficient (Wildman–Crippen LogP) is 2.78. The summed E-state index contributed by atoms with van der Waals surface area (Å²) in [6.07, 6.45) is 1.24. The minimum Gasteiger partial charge on any atom is -0.496 e. The molecule has 0 amide bonds. The molecular formula is C16H20N2O2. The summed E-state index contributed by atoms with van der Waals surface area (Å²) in [5.74, 6) is 0.882. The van der Waals surface area contributed by atoms with E-state index < -0.39 is 6.10 Å². The van der Waals surface area contributed by atoms with Gasteiger partial charge in [0.25, 0.3) is 0 Å². The van der Waals surface area contributed by atoms with E-state index in [1.807, 2.05) is 43.4 Å². The Labute approximate surface area is 119 Å². The Hall–Kier alpha value is -2.07. The molecule has 0 saturated carbocycles. The Bertz CT molecular complexity index is 553. The average Bonchev–Trinajstić information content (AvgIpc) is 2.48. The summed E-state index contributed by atoms with van der Waals surface area (Å²) in [6, 6.07) is 11.8. The molecule has 1 heterocycles. The minimum atomic E-state index is -0.538. The van der Waals surface area contributed by atoms with E-state index >= 15 is 0 Å².